The number of fused-ring (bicyclic) bond motifs is 3. The summed E-state index contributed by atoms with van der Waals surface area (Å²) in [4.78, 5) is 8.59. The first-order valence-electron chi connectivity index (χ1n) is 6.36. The number of nitrogens with one attached hydrogen (secondary N) is 2. The molecule has 0 atom stereocenters. The third-order valence-corrected chi connectivity index (χ3v) is 3.70. The highest BCUT2D eigenvalue weighted by molar-refractivity contribution is 9.10. The number of hydrogen-bond acceptors (Lipinski definition) is 3. The fourth-order valence-corrected chi connectivity index (χ4v) is 2.58. The van der Waals surface area contributed by atoms with Gasteiger partial charge in [0.2, 0.25) is 5.95 Å². The molecule has 0 saturated carbocycles. The van der Waals surface area contributed by atoms with Crippen LogP contribution in [0.15, 0.2) is 40.9 Å². The van der Waals surface area contributed by atoms with Crippen molar-refractivity contribution in [3.05, 3.63) is 52.5 Å². The van der Waals surface area contributed by atoms with Crippen LogP contribution in [0.4, 0.5) is 20.4 Å². The minimum absolute atomic E-state index is 0.00375. The average Bonchev–Trinajstić information content (AvgIpc) is 2.99. The lowest BCUT2D eigenvalue weighted by molar-refractivity contribution is 0.603. The van der Waals surface area contributed by atoms with Crippen LogP contribution in [0.1, 0.15) is 0 Å². The van der Waals surface area contributed by atoms with Crippen molar-refractivity contribution in [1.82, 2.24) is 19.6 Å². The lowest BCUT2D eigenvalue weighted by Gasteiger charge is -2.03. The molecule has 5 nitrogen and oxygen atoms in total. The molecule has 0 fully saturated rings. The van der Waals surface area contributed by atoms with Crippen LogP contribution in [0.3, 0.4) is 0 Å². The second-order valence-electron chi connectivity index (χ2n) is 4.70. The van der Waals surface area contributed by atoms with Crippen LogP contribution in [0.25, 0.3) is 16.8 Å². The molecule has 2 N–H and O–H groups in total. The Hall–Kier alpha value is -2.48. The quantitative estimate of drug-likeness (QED) is 0.566. The zero-order valence-electron chi connectivity index (χ0n) is 10.9. The van der Waals surface area contributed by atoms with E-state index in [1.54, 1.807) is 4.52 Å². The number of aromatic nitrogens is 4. The molecule has 22 heavy (non-hydrogen) atoms. The zero-order valence-corrected chi connectivity index (χ0v) is 12.5. The number of H-pyrrole nitrogens is 1. The van der Waals surface area contributed by atoms with Gasteiger partial charge in [0.15, 0.2) is 0 Å². The first-order chi connectivity index (χ1) is 10.6. The maximum atomic E-state index is 13.6. The summed E-state index contributed by atoms with van der Waals surface area (Å²) in [6, 6.07) is 8.81. The zero-order chi connectivity index (χ0) is 15.3. The van der Waals surface area contributed by atoms with E-state index >= 15 is 0 Å². The van der Waals surface area contributed by atoms with Crippen molar-refractivity contribution in [2.75, 3.05) is 5.32 Å². The summed E-state index contributed by atoms with van der Waals surface area (Å²) in [5, 5.41) is 5.67. The topological polar surface area (TPSA) is 58.0 Å². The van der Waals surface area contributed by atoms with Crippen molar-refractivity contribution in [1.29, 1.82) is 0 Å². The second-order valence-corrected chi connectivity index (χ2v) is 5.62. The highest BCUT2D eigenvalue weighted by Gasteiger charge is 2.11. The summed E-state index contributed by atoms with van der Waals surface area (Å²) in [5.41, 5.74) is 1.61. The molecule has 110 valence electrons. The Balaban J connectivity index is 1.78. The Morgan fingerprint density at radius 2 is 1.95 bits per heavy atom. The van der Waals surface area contributed by atoms with E-state index in [1.807, 2.05) is 18.2 Å². The SMILES string of the molecule is Fc1ccc(F)c(Nc2nc3nc4cc(Br)ccc4n3[nH]2)c1. The van der Waals surface area contributed by atoms with Gasteiger partial charge < -0.3 is 5.32 Å². The summed E-state index contributed by atoms with van der Waals surface area (Å²) in [6.45, 7) is 0. The number of nitrogens with zero attached hydrogens (tertiary/aromatic N) is 3. The number of rotatable bonds is 2. The first-order valence-corrected chi connectivity index (χ1v) is 7.15. The van der Waals surface area contributed by atoms with Crippen molar-refractivity contribution >= 4 is 44.4 Å². The minimum atomic E-state index is -0.566. The van der Waals surface area contributed by atoms with Gasteiger partial charge in [0.25, 0.3) is 5.78 Å². The van der Waals surface area contributed by atoms with Gasteiger partial charge in [-0.2, -0.15) is 4.98 Å². The van der Waals surface area contributed by atoms with Gasteiger partial charge >= 0.3 is 0 Å². The van der Waals surface area contributed by atoms with E-state index in [2.05, 4.69) is 36.3 Å². The molecule has 0 amide bonds. The second kappa shape index (κ2) is 4.77. The molecule has 8 heteroatoms. The first kappa shape index (κ1) is 13.2. The Kier molecular flexibility index (Phi) is 2.86. The van der Waals surface area contributed by atoms with E-state index in [0.29, 0.717) is 5.78 Å². The number of halogens is 3. The predicted molar refractivity (Wildman–Crippen MR) is 82.2 cm³/mol. The summed E-state index contributed by atoms with van der Waals surface area (Å²) in [7, 11) is 0. The van der Waals surface area contributed by atoms with Crippen LogP contribution >= 0.6 is 15.9 Å². The molecule has 0 unspecified atom stereocenters. The fraction of sp³-hybridized carbons (Fsp3) is 0. The Labute approximate surface area is 131 Å². The van der Waals surface area contributed by atoms with E-state index in [1.165, 1.54) is 0 Å². The molecule has 2 aromatic heterocycles. The highest BCUT2D eigenvalue weighted by Crippen LogP contribution is 2.23. The molecule has 0 saturated heterocycles. The summed E-state index contributed by atoms with van der Waals surface area (Å²) in [6.07, 6.45) is 0. The maximum absolute atomic E-state index is 13.6. The van der Waals surface area contributed by atoms with Gasteiger partial charge in [-0.1, -0.05) is 15.9 Å². The van der Waals surface area contributed by atoms with Crippen molar-refractivity contribution in [2.45, 2.75) is 0 Å². The van der Waals surface area contributed by atoms with Crippen molar-refractivity contribution in [3.63, 3.8) is 0 Å². The Morgan fingerprint density at radius 3 is 2.82 bits per heavy atom. The summed E-state index contributed by atoms with van der Waals surface area (Å²) >= 11 is 3.38. The van der Waals surface area contributed by atoms with Gasteiger partial charge in [0, 0.05) is 10.5 Å². The summed E-state index contributed by atoms with van der Waals surface area (Å²) in [5.74, 6) is -0.385. The molecule has 0 spiro atoms. The van der Waals surface area contributed by atoms with Gasteiger partial charge in [0.05, 0.1) is 16.7 Å². The predicted octanol–water partition coefficient (Wildman–Crippen LogP) is 3.99. The van der Waals surface area contributed by atoms with Crippen LogP contribution in [0.5, 0.6) is 0 Å². The molecule has 4 rings (SSSR count). The van der Waals surface area contributed by atoms with Gasteiger partial charge in [-0.05, 0) is 30.3 Å². The molecule has 4 aromatic rings. The fourth-order valence-electron chi connectivity index (χ4n) is 2.23. The van der Waals surface area contributed by atoms with Crippen LogP contribution < -0.4 is 5.32 Å². The van der Waals surface area contributed by atoms with Gasteiger partial charge in [-0.25, -0.2) is 18.3 Å². The van der Waals surface area contributed by atoms with Crippen molar-refractivity contribution in [2.24, 2.45) is 0 Å². The molecule has 0 aliphatic carbocycles. The molecule has 2 aromatic carbocycles. The van der Waals surface area contributed by atoms with Crippen LogP contribution in [-0.2, 0) is 0 Å². The number of benzene rings is 2. The Morgan fingerprint density at radius 1 is 1.09 bits per heavy atom. The number of anilines is 2. The molecule has 0 aliphatic rings. The van der Waals surface area contributed by atoms with Crippen LogP contribution in [0, 0.1) is 11.6 Å². The van der Waals surface area contributed by atoms with Gasteiger partial charge in [-0.15, -0.1) is 0 Å². The van der Waals surface area contributed by atoms with E-state index < -0.39 is 11.6 Å². The lowest BCUT2D eigenvalue weighted by atomic mass is 10.3. The molecule has 0 radical (unpaired) electrons. The number of aromatic amines is 1. The molecular formula is C14H8BrF2N5. The Bertz CT molecular complexity index is 1010. The lowest BCUT2D eigenvalue weighted by Crippen LogP contribution is -1.97. The molecule has 0 aliphatic heterocycles. The largest absolute Gasteiger partial charge is 0.322 e. The number of imidazole rings is 1. The minimum Gasteiger partial charge on any atom is -0.322 e. The molecular weight excluding hydrogens is 356 g/mol. The third-order valence-electron chi connectivity index (χ3n) is 3.21. The molecule has 2 heterocycles. The monoisotopic (exact) mass is 363 g/mol. The van der Waals surface area contributed by atoms with Gasteiger partial charge in [-0.3, -0.25) is 5.10 Å². The molecule has 0 bridgehead atoms. The van der Waals surface area contributed by atoms with Crippen LogP contribution in [-0.4, -0.2) is 19.6 Å². The van der Waals surface area contributed by atoms with E-state index in [4.69, 9.17) is 0 Å². The van der Waals surface area contributed by atoms with Crippen LogP contribution in [0.2, 0.25) is 0 Å². The smallest absolute Gasteiger partial charge is 0.253 e. The highest BCUT2D eigenvalue weighted by atomic mass is 79.9. The maximum Gasteiger partial charge on any atom is 0.253 e. The van der Waals surface area contributed by atoms with E-state index in [-0.39, 0.29) is 11.6 Å². The van der Waals surface area contributed by atoms with E-state index in [9.17, 15) is 8.78 Å². The van der Waals surface area contributed by atoms with Gasteiger partial charge in [0.1, 0.15) is 11.6 Å². The number of hydrogen-bond donors (Lipinski definition) is 2. The van der Waals surface area contributed by atoms with E-state index in [0.717, 1.165) is 33.7 Å². The summed E-state index contributed by atoms with van der Waals surface area (Å²) < 4.78 is 29.4. The van der Waals surface area contributed by atoms with Crippen molar-refractivity contribution < 1.29 is 8.78 Å². The third kappa shape index (κ3) is 2.12. The normalized spacial score (nSPS) is 11.4. The average molecular weight is 364 g/mol. The standard InChI is InChI=1S/C14H8BrF2N5/c15-7-1-4-12-11(5-7)19-14-20-13(21-22(12)14)18-10-6-8(16)2-3-9(10)17/h1-6H,(H2,18,19,20,21). The van der Waals surface area contributed by atoms with Crippen molar-refractivity contribution in [3.8, 4) is 0 Å².